The van der Waals surface area contributed by atoms with Crippen molar-refractivity contribution < 1.29 is 13.9 Å². The van der Waals surface area contributed by atoms with E-state index >= 15 is 0 Å². The fourth-order valence-corrected chi connectivity index (χ4v) is 2.56. The first-order valence-electron chi connectivity index (χ1n) is 5.76. The summed E-state index contributed by atoms with van der Waals surface area (Å²) in [6, 6.07) is 4.11. The van der Waals surface area contributed by atoms with Crippen molar-refractivity contribution in [3.8, 4) is 0 Å². The van der Waals surface area contributed by atoms with E-state index in [0.717, 1.165) is 0 Å². The van der Waals surface area contributed by atoms with Crippen LogP contribution < -0.4 is 0 Å². The lowest BCUT2D eigenvalue weighted by Gasteiger charge is -2.42. The van der Waals surface area contributed by atoms with E-state index in [1.807, 2.05) is 13.8 Å². The zero-order valence-electron chi connectivity index (χ0n) is 10.4. The van der Waals surface area contributed by atoms with Gasteiger partial charge in [-0.25, -0.2) is 4.39 Å². The first-order valence-corrected chi connectivity index (χ1v) is 6.56. The Bertz CT molecular complexity index is 476. The highest BCUT2D eigenvalue weighted by Gasteiger charge is 2.35. The van der Waals surface area contributed by atoms with E-state index in [1.165, 1.54) is 18.2 Å². The lowest BCUT2D eigenvalue weighted by atomic mass is 10.0. The Morgan fingerprint density at radius 2 is 2.22 bits per heavy atom. The second-order valence-electron chi connectivity index (χ2n) is 4.95. The highest BCUT2D eigenvalue weighted by molar-refractivity contribution is 9.10. The average molecular weight is 316 g/mol. The molecule has 0 saturated carbocycles. The predicted octanol–water partition coefficient (Wildman–Crippen LogP) is 2.84. The molecule has 1 aromatic carbocycles. The maximum absolute atomic E-state index is 13.0. The monoisotopic (exact) mass is 315 g/mol. The largest absolute Gasteiger partial charge is 0.377 e. The second kappa shape index (κ2) is 4.97. The summed E-state index contributed by atoms with van der Waals surface area (Å²) >= 11 is 3.23. The number of hydrogen-bond donors (Lipinski definition) is 0. The third-order valence-corrected chi connectivity index (χ3v) is 3.71. The van der Waals surface area contributed by atoms with Gasteiger partial charge in [-0.1, -0.05) is 0 Å². The fraction of sp³-hybridized carbons (Fsp3) is 0.462. The highest BCUT2D eigenvalue weighted by atomic mass is 79.9. The van der Waals surface area contributed by atoms with Crippen molar-refractivity contribution >= 4 is 21.8 Å². The molecular formula is C13H15BrFNO2. The number of hydrogen-bond acceptors (Lipinski definition) is 2. The highest BCUT2D eigenvalue weighted by Crippen LogP contribution is 2.25. The average Bonchev–Trinajstić information content (AvgIpc) is 2.27. The Labute approximate surface area is 114 Å². The van der Waals surface area contributed by atoms with Gasteiger partial charge in [-0.15, -0.1) is 0 Å². The molecule has 1 amide bonds. The first kappa shape index (κ1) is 13.5. The SMILES string of the molecule is CC1(C)COCCN1C(=O)c1ccc(F)cc1Br. The van der Waals surface area contributed by atoms with Crippen LogP contribution in [0.1, 0.15) is 24.2 Å². The van der Waals surface area contributed by atoms with Crippen LogP contribution in [-0.4, -0.2) is 36.1 Å². The molecule has 18 heavy (non-hydrogen) atoms. The smallest absolute Gasteiger partial charge is 0.255 e. The summed E-state index contributed by atoms with van der Waals surface area (Å²) in [4.78, 5) is 14.2. The molecule has 0 N–H and O–H groups in total. The summed E-state index contributed by atoms with van der Waals surface area (Å²) in [5.41, 5.74) is 0.134. The summed E-state index contributed by atoms with van der Waals surface area (Å²) in [7, 11) is 0. The molecule has 0 aliphatic carbocycles. The summed E-state index contributed by atoms with van der Waals surface area (Å²) < 4.78 is 18.9. The number of amides is 1. The Hall–Kier alpha value is -0.940. The summed E-state index contributed by atoms with van der Waals surface area (Å²) in [5, 5.41) is 0. The molecule has 0 spiro atoms. The van der Waals surface area contributed by atoms with Crippen LogP contribution in [-0.2, 0) is 4.74 Å². The number of nitrogens with zero attached hydrogens (tertiary/aromatic N) is 1. The molecule has 98 valence electrons. The minimum Gasteiger partial charge on any atom is -0.377 e. The topological polar surface area (TPSA) is 29.5 Å². The van der Waals surface area contributed by atoms with E-state index in [-0.39, 0.29) is 17.3 Å². The van der Waals surface area contributed by atoms with E-state index in [1.54, 1.807) is 4.90 Å². The van der Waals surface area contributed by atoms with Gasteiger partial charge < -0.3 is 9.64 Å². The van der Waals surface area contributed by atoms with Crippen LogP contribution >= 0.6 is 15.9 Å². The molecule has 0 unspecified atom stereocenters. The number of benzene rings is 1. The number of carbonyl (C=O) groups is 1. The number of halogens is 2. The third-order valence-electron chi connectivity index (χ3n) is 3.05. The van der Waals surface area contributed by atoms with E-state index < -0.39 is 0 Å². The molecule has 1 aliphatic rings. The molecule has 0 aromatic heterocycles. The molecule has 0 atom stereocenters. The third kappa shape index (κ3) is 2.57. The van der Waals surface area contributed by atoms with Crippen LogP contribution in [0.2, 0.25) is 0 Å². The maximum atomic E-state index is 13.0. The number of carbonyl (C=O) groups excluding carboxylic acids is 1. The van der Waals surface area contributed by atoms with Gasteiger partial charge in [0.15, 0.2) is 0 Å². The maximum Gasteiger partial charge on any atom is 0.255 e. The van der Waals surface area contributed by atoms with Crippen molar-refractivity contribution in [1.82, 2.24) is 4.90 Å². The van der Waals surface area contributed by atoms with E-state index in [2.05, 4.69) is 15.9 Å². The molecule has 1 aromatic rings. The van der Waals surface area contributed by atoms with Gasteiger partial charge in [0.2, 0.25) is 0 Å². The van der Waals surface area contributed by atoms with E-state index in [9.17, 15) is 9.18 Å². The molecule has 5 heteroatoms. The lowest BCUT2D eigenvalue weighted by Crippen LogP contribution is -2.55. The van der Waals surface area contributed by atoms with Gasteiger partial charge in [-0.05, 0) is 48.0 Å². The van der Waals surface area contributed by atoms with Crippen LogP contribution in [0.5, 0.6) is 0 Å². The van der Waals surface area contributed by atoms with Gasteiger partial charge in [-0.2, -0.15) is 0 Å². The Morgan fingerprint density at radius 3 is 2.83 bits per heavy atom. The van der Waals surface area contributed by atoms with Crippen molar-refractivity contribution in [1.29, 1.82) is 0 Å². The summed E-state index contributed by atoms with van der Waals surface area (Å²) in [5.74, 6) is -0.463. The normalized spacial score (nSPS) is 18.8. The Kier molecular flexibility index (Phi) is 3.73. The van der Waals surface area contributed by atoms with Crippen molar-refractivity contribution in [3.63, 3.8) is 0 Å². The van der Waals surface area contributed by atoms with Gasteiger partial charge in [0.05, 0.1) is 24.3 Å². The molecule has 0 radical (unpaired) electrons. The quantitative estimate of drug-likeness (QED) is 0.797. The molecular weight excluding hydrogens is 301 g/mol. The van der Waals surface area contributed by atoms with Gasteiger partial charge in [0.1, 0.15) is 5.82 Å². The number of morpholine rings is 1. The molecule has 1 saturated heterocycles. The standard InChI is InChI=1S/C13H15BrFNO2/c1-13(2)8-18-6-5-16(13)12(17)10-4-3-9(15)7-11(10)14/h3-4,7H,5-6,8H2,1-2H3. The van der Waals surface area contributed by atoms with Crippen molar-refractivity contribution in [2.75, 3.05) is 19.8 Å². The summed E-state index contributed by atoms with van der Waals surface area (Å²) in [6.45, 7) is 5.52. The molecule has 2 rings (SSSR count). The van der Waals surface area contributed by atoms with Gasteiger partial charge >= 0.3 is 0 Å². The fourth-order valence-electron chi connectivity index (χ4n) is 2.04. The number of ether oxygens (including phenoxy) is 1. The minimum absolute atomic E-state index is 0.102. The van der Waals surface area contributed by atoms with Crippen molar-refractivity contribution in [2.24, 2.45) is 0 Å². The second-order valence-corrected chi connectivity index (χ2v) is 5.80. The first-order chi connectivity index (χ1) is 8.42. The lowest BCUT2D eigenvalue weighted by molar-refractivity contribution is -0.0371. The van der Waals surface area contributed by atoms with Gasteiger partial charge in [-0.3, -0.25) is 4.79 Å². The van der Waals surface area contributed by atoms with Crippen LogP contribution in [0.3, 0.4) is 0 Å². The van der Waals surface area contributed by atoms with Crippen molar-refractivity contribution in [3.05, 3.63) is 34.1 Å². The molecule has 1 aliphatic heterocycles. The van der Waals surface area contributed by atoms with Crippen LogP contribution in [0.4, 0.5) is 4.39 Å². The van der Waals surface area contributed by atoms with Crippen LogP contribution in [0.15, 0.2) is 22.7 Å². The molecule has 0 bridgehead atoms. The molecule has 1 heterocycles. The van der Waals surface area contributed by atoms with Crippen molar-refractivity contribution in [2.45, 2.75) is 19.4 Å². The minimum atomic E-state index is -0.361. The zero-order valence-corrected chi connectivity index (χ0v) is 12.0. The summed E-state index contributed by atoms with van der Waals surface area (Å²) in [6.07, 6.45) is 0. The Balaban J connectivity index is 2.30. The molecule has 3 nitrogen and oxygen atoms in total. The zero-order chi connectivity index (χ0) is 13.3. The van der Waals surface area contributed by atoms with E-state index in [0.29, 0.717) is 29.8 Å². The van der Waals surface area contributed by atoms with Gasteiger partial charge in [0.25, 0.3) is 5.91 Å². The Morgan fingerprint density at radius 1 is 1.50 bits per heavy atom. The van der Waals surface area contributed by atoms with Crippen LogP contribution in [0.25, 0.3) is 0 Å². The van der Waals surface area contributed by atoms with E-state index in [4.69, 9.17) is 4.74 Å². The van der Waals surface area contributed by atoms with Gasteiger partial charge in [0, 0.05) is 11.0 Å². The predicted molar refractivity (Wildman–Crippen MR) is 70.0 cm³/mol. The molecule has 1 fully saturated rings. The number of rotatable bonds is 1. The van der Waals surface area contributed by atoms with Crippen LogP contribution in [0, 0.1) is 5.82 Å².